The number of nitro benzene ring substituents is 1. The van der Waals surface area contributed by atoms with Crippen LogP contribution in [0.15, 0.2) is 12.1 Å². The Kier molecular flexibility index (Phi) is 4.66. The van der Waals surface area contributed by atoms with Crippen molar-refractivity contribution in [3.05, 3.63) is 27.3 Å². The number of aryl methyl sites for hydroxylation is 1. The summed E-state index contributed by atoms with van der Waals surface area (Å²) in [5, 5.41) is 23.2. The third kappa shape index (κ3) is 3.86. The number of carbonyl (C=O) groups is 1. The van der Waals surface area contributed by atoms with E-state index in [4.69, 9.17) is 9.84 Å². The van der Waals surface area contributed by atoms with Crippen LogP contribution in [0.25, 0.3) is 10.2 Å². The predicted molar refractivity (Wildman–Crippen MR) is 78.0 cm³/mol. The van der Waals surface area contributed by atoms with Crippen LogP contribution in [-0.4, -0.2) is 40.7 Å². The molecular weight excluding hydrogens is 298 g/mol. The van der Waals surface area contributed by atoms with Gasteiger partial charge in [0.05, 0.1) is 26.8 Å². The zero-order valence-corrected chi connectivity index (χ0v) is 12.0. The molecule has 2 rings (SSSR count). The molecule has 9 heteroatoms. The number of nitro groups is 1. The molecule has 0 saturated heterocycles. The van der Waals surface area contributed by atoms with Crippen molar-refractivity contribution in [3.63, 3.8) is 0 Å². The number of aromatic nitrogens is 1. The fraction of sp³-hybridized carbons (Fsp3) is 0.333. The highest BCUT2D eigenvalue weighted by molar-refractivity contribution is 7.18. The molecule has 0 saturated carbocycles. The van der Waals surface area contributed by atoms with Gasteiger partial charge < -0.3 is 15.2 Å². The summed E-state index contributed by atoms with van der Waals surface area (Å²) in [6.07, 6.45) is 0. The molecule has 1 aromatic carbocycles. The lowest BCUT2D eigenvalue weighted by Gasteiger charge is -2.07. The van der Waals surface area contributed by atoms with Crippen LogP contribution in [0.4, 0.5) is 11.4 Å². The molecule has 112 valence electrons. The number of thiazole rings is 1. The molecule has 21 heavy (non-hydrogen) atoms. The minimum atomic E-state index is -1.06. The first kappa shape index (κ1) is 15.1. The highest BCUT2D eigenvalue weighted by atomic mass is 32.1. The average molecular weight is 311 g/mol. The largest absolute Gasteiger partial charge is 0.480 e. The van der Waals surface area contributed by atoms with E-state index in [-0.39, 0.29) is 18.8 Å². The van der Waals surface area contributed by atoms with Gasteiger partial charge in [0.2, 0.25) is 0 Å². The average Bonchev–Trinajstić information content (AvgIpc) is 2.75. The van der Waals surface area contributed by atoms with E-state index in [1.165, 1.54) is 17.4 Å². The fourth-order valence-electron chi connectivity index (χ4n) is 1.79. The molecule has 0 aliphatic heterocycles. The normalized spacial score (nSPS) is 10.7. The van der Waals surface area contributed by atoms with E-state index in [1.807, 2.05) is 6.92 Å². The Labute approximate surface area is 123 Å². The van der Waals surface area contributed by atoms with Crippen LogP contribution in [-0.2, 0) is 9.53 Å². The van der Waals surface area contributed by atoms with Crippen LogP contribution in [0.1, 0.15) is 5.01 Å². The van der Waals surface area contributed by atoms with Gasteiger partial charge in [0, 0.05) is 12.6 Å². The lowest BCUT2D eigenvalue weighted by Crippen LogP contribution is -2.14. The number of carboxylic acid groups (broad SMARTS) is 1. The number of fused-ring (bicyclic) bond motifs is 1. The first-order valence-electron chi connectivity index (χ1n) is 6.06. The number of anilines is 1. The van der Waals surface area contributed by atoms with Gasteiger partial charge >= 0.3 is 5.97 Å². The maximum atomic E-state index is 11.1. The molecule has 0 unspecified atom stereocenters. The van der Waals surface area contributed by atoms with E-state index in [0.717, 1.165) is 9.71 Å². The van der Waals surface area contributed by atoms with Gasteiger partial charge in [0.1, 0.15) is 12.3 Å². The van der Waals surface area contributed by atoms with Crippen LogP contribution >= 0.6 is 11.3 Å². The van der Waals surface area contributed by atoms with E-state index in [0.29, 0.717) is 11.2 Å². The number of carboxylic acids is 1. The first-order valence-corrected chi connectivity index (χ1v) is 6.88. The number of benzene rings is 1. The van der Waals surface area contributed by atoms with E-state index >= 15 is 0 Å². The Morgan fingerprint density at radius 1 is 1.57 bits per heavy atom. The van der Waals surface area contributed by atoms with Crippen molar-refractivity contribution in [3.8, 4) is 0 Å². The maximum absolute atomic E-state index is 11.1. The van der Waals surface area contributed by atoms with Gasteiger partial charge in [-0.25, -0.2) is 9.78 Å². The van der Waals surface area contributed by atoms with Crippen molar-refractivity contribution in [2.45, 2.75) is 6.92 Å². The molecule has 0 fully saturated rings. The molecular formula is C12H13N3O5S. The second-order valence-electron chi connectivity index (χ2n) is 4.20. The SMILES string of the molecule is Cc1nc2cc(NCCOCC(=O)O)c([N+](=O)[O-])cc2s1. The number of ether oxygens (including phenoxy) is 1. The Hall–Kier alpha value is -2.26. The van der Waals surface area contributed by atoms with Crippen LogP contribution < -0.4 is 5.32 Å². The van der Waals surface area contributed by atoms with Gasteiger partial charge in [0.25, 0.3) is 5.69 Å². The summed E-state index contributed by atoms with van der Waals surface area (Å²) in [5.41, 5.74) is 0.998. The molecule has 0 aliphatic carbocycles. The zero-order chi connectivity index (χ0) is 15.4. The maximum Gasteiger partial charge on any atom is 0.329 e. The van der Waals surface area contributed by atoms with E-state index in [1.54, 1.807) is 6.07 Å². The molecule has 0 amide bonds. The Balaban J connectivity index is 2.11. The first-order chi connectivity index (χ1) is 9.97. The molecule has 2 N–H and O–H groups in total. The number of hydrogen-bond donors (Lipinski definition) is 2. The number of aliphatic carboxylic acids is 1. The molecule has 1 aromatic heterocycles. The Morgan fingerprint density at radius 2 is 2.33 bits per heavy atom. The van der Waals surface area contributed by atoms with E-state index in [9.17, 15) is 14.9 Å². The summed E-state index contributed by atoms with van der Waals surface area (Å²) < 4.78 is 5.62. The van der Waals surface area contributed by atoms with Gasteiger partial charge in [0.15, 0.2) is 0 Å². The summed E-state index contributed by atoms with van der Waals surface area (Å²) in [5.74, 6) is -1.06. The molecule has 0 radical (unpaired) electrons. The number of nitrogens with one attached hydrogen (secondary N) is 1. The van der Waals surface area contributed by atoms with Gasteiger partial charge in [-0.1, -0.05) is 0 Å². The third-order valence-corrected chi connectivity index (χ3v) is 3.53. The monoisotopic (exact) mass is 311 g/mol. The van der Waals surface area contributed by atoms with Gasteiger partial charge in [-0.2, -0.15) is 0 Å². The minimum Gasteiger partial charge on any atom is -0.480 e. The predicted octanol–water partition coefficient (Wildman–Crippen LogP) is 2.03. The van der Waals surface area contributed by atoms with Crippen molar-refractivity contribution in [2.24, 2.45) is 0 Å². The number of hydrogen-bond acceptors (Lipinski definition) is 7. The van der Waals surface area contributed by atoms with Gasteiger partial charge in [-0.15, -0.1) is 11.3 Å². The molecule has 1 heterocycles. The second-order valence-corrected chi connectivity index (χ2v) is 5.43. The lowest BCUT2D eigenvalue weighted by molar-refractivity contribution is -0.383. The third-order valence-electron chi connectivity index (χ3n) is 2.60. The van der Waals surface area contributed by atoms with Crippen LogP contribution in [0.3, 0.4) is 0 Å². The highest BCUT2D eigenvalue weighted by Crippen LogP contribution is 2.32. The summed E-state index contributed by atoms with van der Waals surface area (Å²) in [7, 11) is 0. The lowest BCUT2D eigenvalue weighted by atomic mass is 10.2. The van der Waals surface area contributed by atoms with Crippen LogP contribution in [0.2, 0.25) is 0 Å². The summed E-state index contributed by atoms with van der Waals surface area (Å²) in [4.78, 5) is 25.2. The molecule has 0 spiro atoms. The van der Waals surface area contributed by atoms with Gasteiger partial charge in [-0.3, -0.25) is 10.1 Å². The van der Waals surface area contributed by atoms with Crippen LogP contribution in [0.5, 0.6) is 0 Å². The highest BCUT2D eigenvalue weighted by Gasteiger charge is 2.16. The Bertz CT molecular complexity index is 685. The quantitative estimate of drug-likeness (QED) is 0.456. The number of rotatable bonds is 7. The molecule has 8 nitrogen and oxygen atoms in total. The summed E-state index contributed by atoms with van der Waals surface area (Å²) in [6, 6.07) is 3.11. The summed E-state index contributed by atoms with van der Waals surface area (Å²) in [6.45, 7) is 1.85. The second kappa shape index (κ2) is 6.46. The van der Waals surface area contributed by atoms with Crippen molar-refractivity contribution < 1.29 is 19.6 Å². The van der Waals surface area contributed by atoms with Gasteiger partial charge in [-0.05, 0) is 13.0 Å². The van der Waals surface area contributed by atoms with E-state index in [2.05, 4.69) is 10.3 Å². The summed E-state index contributed by atoms with van der Waals surface area (Å²) >= 11 is 1.39. The molecule has 0 aliphatic rings. The van der Waals surface area contributed by atoms with Crippen LogP contribution in [0, 0.1) is 17.0 Å². The van der Waals surface area contributed by atoms with Crippen molar-refractivity contribution in [1.82, 2.24) is 4.98 Å². The van der Waals surface area contributed by atoms with Crippen molar-refractivity contribution in [2.75, 3.05) is 25.1 Å². The molecule has 0 atom stereocenters. The van der Waals surface area contributed by atoms with Crippen molar-refractivity contribution >= 4 is 38.9 Å². The zero-order valence-electron chi connectivity index (χ0n) is 11.2. The topological polar surface area (TPSA) is 115 Å². The van der Waals surface area contributed by atoms with Crippen molar-refractivity contribution in [1.29, 1.82) is 0 Å². The number of nitrogens with zero attached hydrogens (tertiary/aromatic N) is 2. The minimum absolute atomic E-state index is 0.0376. The smallest absolute Gasteiger partial charge is 0.329 e. The van der Waals surface area contributed by atoms with E-state index < -0.39 is 17.5 Å². The fourth-order valence-corrected chi connectivity index (χ4v) is 2.63. The standard InChI is InChI=1S/C12H13N3O5S/c1-7-14-9-4-8(13-2-3-20-6-12(16)17)10(15(18)19)5-11(9)21-7/h4-5,13H,2-3,6H2,1H3,(H,16,17). The molecule has 0 bridgehead atoms. The Morgan fingerprint density at radius 3 is 3.00 bits per heavy atom. The molecule has 2 aromatic rings.